The lowest BCUT2D eigenvalue weighted by molar-refractivity contribution is 0.206. The van der Waals surface area contributed by atoms with Gasteiger partial charge in [0.15, 0.2) is 10.8 Å². The van der Waals surface area contributed by atoms with Crippen LogP contribution in [0.5, 0.6) is 5.75 Å². The van der Waals surface area contributed by atoms with Crippen molar-refractivity contribution in [2.75, 3.05) is 0 Å². The Morgan fingerprint density at radius 2 is 1.91 bits per heavy atom. The maximum absolute atomic E-state index is 12.3. The summed E-state index contributed by atoms with van der Waals surface area (Å²) in [6.45, 7) is 0. The molecule has 118 valence electrons. The third-order valence-electron chi connectivity index (χ3n) is 2.74. The van der Waals surface area contributed by atoms with E-state index in [1.165, 1.54) is 24.4 Å². The summed E-state index contributed by atoms with van der Waals surface area (Å²) in [5.41, 5.74) is 0.231. The van der Waals surface area contributed by atoms with Crippen molar-refractivity contribution in [2.45, 2.75) is 5.03 Å². The van der Waals surface area contributed by atoms with Crippen molar-refractivity contribution >= 4 is 33.4 Å². The van der Waals surface area contributed by atoms with Gasteiger partial charge in [-0.1, -0.05) is 29.8 Å². The Hall–Kier alpha value is -2.65. The summed E-state index contributed by atoms with van der Waals surface area (Å²) in [6, 6.07) is 11.1. The van der Waals surface area contributed by atoms with Crippen molar-refractivity contribution < 1.29 is 17.9 Å². The molecule has 2 heterocycles. The number of imidazole rings is 1. The van der Waals surface area contributed by atoms with Gasteiger partial charge in [-0.05, 0) is 24.3 Å². The second kappa shape index (κ2) is 5.86. The van der Waals surface area contributed by atoms with E-state index in [1.54, 1.807) is 29.0 Å². The first-order valence-corrected chi connectivity index (χ1v) is 8.12. The highest BCUT2D eigenvalue weighted by Crippen LogP contribution is 2.21. The highest BCUT2D eigenvalue weighted by atomic mass is 35.5. The minimum absolute atomic E-state index is 0.197. The fraction of sp³-hybridized carbons (Fsp3) is 0. The number of fused-ring (bicyclic) bond motifs is 1. The maximum atomic E-state index is 12.3. The standard InChI is InChI=1S/C13H9ClN4O4S/c14-11-12(18-10(16-11)7-4-8-15-18)23(20,21)17-13(19)22-9-5-2-1-3-6-9/h1-8H,(H,17,19). The van der Waals surface area contributed by atoms with Crippen molar-refractivity contribution in [3.8, 4) is 5.75 Å². The SMILES string of the molecule is O=C(NS(=O)(=O)c1c(Cl)nc2cccnn12)Oc1ccccc1. The predicted molar refractivity (Wildman–Crippen MR) is 80.8 cm³/mol. The summed E-state index contributed by atoms with van der Waals surface area (Å²) in [5.74, 6) is 0.197. The lowest BCUT2D eigenvalue weighted by Crippen LogP contribution is -2.34. The number of ether oxygens (including phenoxy) is 1. The second-order valence-corrected chi connectivity index (χ2v) is 6.27. The minimum atomic E-state index is -4.31. The quantitative estimate of drug-likeness (QED) is 0.771. The number of halogens is 1. The van der Waals surface area contributed by atoms with Crippen molar-refractivity contribution in [1.29, 1.82) is 0 Å². The van der Waals surface area contributed by atoms with Gasteiger partial charge in [0, 0.05) is 6.20 Å². The van der Waals surface area contributed by atoms with Crippen molar-refractivity contribution in [3.05, 3.63) is 53.8 Å². The summed E-state index contributed by atoms with van der Waals surface area (Å²) >= 11 is 5.85. The number of nitrogens with zero attached hydrogens (tertiary/aromatic N) is 3. The third-order valence-corrected chi connectivity index (χ3v) is 4.42. The highest BCUT2D eigenvalue weighted by molar-refractivity contribution is 7.90. The van der Waals surface area contributed by atoms with E-state index in [0.717, 1.165) is 4.52 Å². The Morgan fingerprint density at radius 1 is 1.17 bits per heavy atom. The van der Waals surface area contributed by atoms with E-state index in [4.69, 9.17) is 16.3 Å². The first-order valence-electron chi connectivity index (χ1n) is 6.26. The van der Waals surface area contributed by atoms with Gasteiger partial charge in [0.1, 0.15) is 5.75 Å². The Labute approximate surface area is 135 Å². The topological polar surface area (TPSA) is 103 Å². The van der Waals surface area contributed by atoms with Gasteiger partial charge in [0.2, 0.25) is 5.03 Å². The van der Waals surface area contributed by atoms with Crippen LogP contribution in [0.2, 0.25) is 5.15 Å². The van der Waals surface area contributed by atoms with Crippen LogP contribution in [0.1, 0.15) is 0 Å². The van der Waals surface area contributed by atoms with Crippen LogP contribution in [0.3, 0.4) is 0 Å². The van der Waals surface area contributed by atoms with Crippen LogP contribution in [0.25, 0.3) is 5.65 Å². The number of hydrogen-bond acceptors (Lipinski definition) is 6. The van der Waals surface area contributed by atoms with E-state index in [1.807, 2.05) is 0 Å². The molecular weight excluding hydrogens is 344 g/mol. The average molecular weight is 353 g/mol. The number of sulfonamides is 1. The van der Waals surface area contributed by atoms with Gasteiger partial charge in [0.05, 0.1) is 0 Å². The summed E-state index contributed by atoms with van der Waals surface area (Å²) in [7, 11) is -4.31. The summed E-state index contributed by atoms with van der Waals surface area (Å²) < 4.78 is 32.3. The summed E-state index contributed by atoms with van der Waals surface area (Å²) in [4.78, 5) is 15.6. The molecule has 0 spiro atoms. The Kier molecular flexibility index (Phi) is 3.89. The fourth-order valence-corrected chi connectivity index (χ4v) is 3.30. The molecule has 1 amide bonds. The van der Waals surface area contributed by atoms with E-state index < -0.39 is 21.1 Å². The molecule has 0 bridgehead atoms. The molecule has 0 aliphatic heterocycles. The van der Waals surface area contributed by atoms with Crippen LogP contribution < -0.4 is 9.46 Å². The van der Waals surface area contributed by atoms with Gasteiger partial charge < -0.3 is 4.74 Å². The maximum Gasteiger partial charge on any atom is 0.426 e. The molecule has 0 saturated carbocycles. The minimum Gasteiger partial charge on any atom is -0.410 e. The molecule has 2 aromatic heterocycles. The van der Waals surface area contributed by atoms with Crippen molar-refractivity contribution in [2.24, 2.45) is 0 Å². The zero-order valence-electron chi connectivity index (χ0n) is 11.4. The molecule has 10 heteroatoms. The predicted octanol–water partition coefficient (Wildman–Crippen LogP) is 1.86. The van der Waals surface area contributed by atoms with Crippen LogP contribution in [-0.4, -0.2) is 29.1 Å². The second-order valence-electron chi connectivity index (χ2n) is 4.31. The number of benzene rings is 1. The molecule has 3 aromatic rings. The first-order chi connectivity index (χ1) is 11.0. The molecule has 1 aromatic carbocycles. The molecule has 0 saturated heterocycles. The van der Waals surface area contributed by atoms with Gasteiger partial charge in [-0.25, -0.2) is 14.5 Å². The monoisotopic (exact) mass is 352 g/mol. The van der Waals surface area contributed by atoms with Crippen LogP contribution in [0, 0.1) is 0 Å². The van der Waals surface area contributed by atoms with Crippen LogP contribution in [0.4, 0.5) is 4.79 Å². The molecular formula is C13H9ClN4O4S. The van der Waals surface area contributed by atoms with Crippen molar-refractivity contribution in [1.82, 2.24) is 19.3 Å². The molecule has 3 rings (SSSR count). The van der Waals surface area contributed by atoms with E-state index >= 15 is 0 Å². The Bertz CT molecular complexity index is 972. The zero-order valence-corrected chi connectivity index (χ0v) is 13.0. The molecule has 0 aliphatic carbocycles. The molecule has 23 heavy (non-hydrogen) atoms. The lowest BCUT2D eigenvalue weighted by atomic mass is 10.3. The molecule has 0 fully saturated rings. The van der Waals surface area contributed by atoms with Crippen LogP contribution >= 0.6 is 11.6 Å². The van der Waals surface area contributed by atoms with Gasteiger partial charge in [-0.15, -0.1) is 0 Å². The molecule has 0 atom stereocenters. The Balaban J connectivity index is 1.89. The average Bonchev–Trinajstić information content (AvgIpc) is 2.84. The Morgan fingerprint density at radius 3 is 2.65 bits per heavy atom. The van der Waals surface area contributed by atoms with Gasteiger partial charge >= 0.3 is 6.09 Å². The van der Waals surface area contributed by atoms with E-state index in [2.05, 4.69) is 10.1 Å². The van der Waals surface area contributed by atoms with E-state index in [0.29, 0.717) is 0 Å². The van der Waals surface area contributed by atoms with Gasteiger partial charge in [0.25, 0.3) is 10.0 Å². The number of para-hydroxylation sites is 1. The first kappa shape index (κ1) is 15.3. The number of rotatable bonds is 3. The number of amides is 1. The number of carbonyl (C=O) groups is 1. The highest BCUT2D eigenvalue weighted by Gasteiger charge is 2.28. The third kappa shape index (κ3) is 3.10. The smallest absolute Gasteiger partial charge is 0.410 e. The number of hydrogen-bond donors (Lipinski definition) is 1. The number of aromatic nitrogens is 3. The molecule has 0 unspecified atom stereocenters. The van der Waals surface area contributed by atoms with Gasteiger partial charge in [-0.2, -0.15) is 18.0 Å². The number of carbonyl (C=O) groups excluding carboxylic acids is 1. The van der Waals surface area contributed by atoms with E-state index in [9.17, 15) is 13.2 Å². The molecule has 8 nitrogen and oxygen atoms in total. The van der Waals surface area contributed by atoms with Gasteiger partial charge in [-0.3, -0.25) is 0 Å². The largest absolute Gasteiger partial charge is 0.426 e. The van der Waals surface area contributed by atoms with Crippen LogP contribution in [0.15, 0.2) is 53.7 Å². The summed E-state index contributed by atoms with van der Waals surface area (Å²) in [6.07, 6.45) is 0.199. The van der Waals surface area contributed by atoms with Crippen LogP contribution in [-0.2, 0) is 10.0 Å². The normalized spacial score (nSPS) is 11.3. The molecule has 0 aliphatic rings. The molecule has 1 N–H and O–H groups in total. The van der Waals surface area contributed by atoms with E-state index in [-0.39, 0.29) is 16.5 Å². The van der Waals surface area contributed by atoms with Crippen molar-refractivity contribution in [3.63, 3.8) is 0 Å². The fourth-order valence-electron chi connectivity index (χ4n) is 1.84. The summed E-state index contributed by atoms with van der Waals surface area (Å²) in [5, 5.41) is 3.11. The zero-order chi connectivity index (χ0) is 16.4. The lowest BCUT2D eigenvalue weighted by Gasteiger charge is -2.07. The molecule has 0 radical (unpaired) electrons. The number of nitrogens with one attached hydrogen (secondary N) is 1.